The van der Waals surface area contributed by atoms with Crippen molar-refractivity contribution >= 4 is 29.1 Å². The summed E-state index contributed by atoms with van der Waals surface area (Å²) in [6.45, 7) is 4.31. The number of benzene rings is 2. The Labute approximate surface area is 173 Å². The van der Waals surface area contributed by atoms with Crippen LogP contribution in [0.1, 0.15) is 40.9 Å². The Morgan fingerprint density at radius 2 is 1.90 bits per heavy atom. The van der Waals surface area contributed by atoms with Crippen LogP contribution in [0.4, 0.5) is 5.82 Å². The van der Waals surface area contributed by atoms with Crippen LogP contribution in [0.15, 0.2) is 48.5 Å². The van der Waals surface area contributed by atoms with Crippen molar-refractivity contribution in [2.24, 2.45) is 0 Å². The molecule has 0 bridgehead atoms. The lowest BCUT2D eigenvalue weighted by molar-refractivity contribution is -0.116. The normalized spacial score (nSPS) is 15.6. The fourth-order valence-electron chi connectivity index (χ4n) is 3.62. The average Bonchev–Trinajstić information content (AvgIpc) is 3.04. The van der Waals surface area contributed by atoms with E-state index in [-0.39, 0.29) is 18.1 Å². The number of nitrogens with zero attached hydrogens (tertiary/aromatic N) is 2. The lowest BCUT2D eigenvalue weighted by Gasteiger charge is -2.23. The van der Waals surface area contributed by atoms with E-state index in [0.29, 0.717) is 34.5 Å². The first-order chi connectivity index (χ1) is 14.0. The van der Waals surface area contributed by atoms with Crippen LogP contribution in [0.25, 0.3) is 5.69 Å². The van der Waals surface area contributed by atoms with E-state index in [4.69, 9.17) is 16.3 Å². The number of carbonyl (C=O) groups is 2. The molecule has 4 rings (SSSR count). The number of rotatable bonds is 5. The number of ketones is 1. The topological polar surface area (TPSA) is 73.2 Å². The standard InChI is InChI=1S/C22H20ClN3O3/c1-3-29-17-10-4-14(5-11-17)21(28)18-12-19(27)24-22-20(18)13(2)25-26(22)16-8-6-15(23)7-9-16/h4-11,18H,3,12H2,1-2H3,(H,24,27)/t18-/m1/s1. The number of hydrogen-bond acceptors (Lipinski definition) is 4. The van der Waals surface area contributed by atoms with Crippen LogP contribution in [0.3, 0.4) is 0 Å². The third kappa shape index (κ3) is 3.63. The zero-order valence-corrected chi connectivity index (χ0v) is 16.9. The first kappa shape index (κ1) is 19.2. The van der Waals surface area contributed by atoms with Crippen molar-refractivity contribution in [3.05, 3.63) is 70.4 Å². The van der Waals surface area contributed by atoms with Gasteiger partial charge in [0, 0.05) is 22.6 Å². The lowest BCUT2D eigenvalue weighted by atomic mass is 9.85. The van der Waals surface area contributed by atoms with E-state index in [1.807, 2.05) is 26.0 Å². The predicted molar refractivity (Wildman–Crippen MR) is 111 cm³/mol. The zero-order valence-electron chi connectivity index (χ0n) is 16.1. The van der Waals surface area contributed by atoms with Crippen LogP contribution < -0.4 is 10.1 Å². The summed E-state index contributed by atoms with van der Waals surface area (Å²) in [5, 5.41) is 8.07. The van der Waals surface area contributed by atoms with Crippen LogP contribution in [0, 0.1) is 6.92 Å². The van der Waals surface area contributed by atoms with Crippen molar-refractivity contribution < 1.29 is 14.3 Å². The Bertz CT molecular complexity index is 1070. The fraction of sp³-hybridized carbons (Fsp3) is 0.227. The number of anilines is 1. The van der Waals surface area contributed by atoms with Crippen molar-refractivity contribution in [3.8, 4) is 11.4 Å². The molecular formula is C22H20ClN3O3. The number of aromatic nitrogens is 2. The van der Waals surface area contributed by atoms with Gasteiger partial charge in [0.25, 0.3) is 0 Å². The van der Waals surface area contributed by atoms with Gasteiger partial charge < -0.3 is 10.1 Å². The van der Waals surface area contributed by atoms with Crippen LogP contribution in [0.2, 0.25) is 5.02 Å². The van der Waals surface area contributed by atoms with Crippen LogP contribution in [0.5, 0.6) is 5.75 Å². The average molecular weight is 410 g/mol. The summed E-state index contributed by atoms with van der Waals surface area (Å²) >= 11 is 5.98. The number of amides is 1. The number of fused-ring (bicyclic) bond motifs is 1. The van der Waals surface area contributed by atoms with Gasteiger partial charge in [-0.05, 0) is 62.4 Å². The molecule has 0 saturated heterocycles. The molecular weight excluding hydrogens is 390 g/mol. The van der Waals surface area contributed by atoms with E-state index in [0.717, 1.165) is 11.3 Å². The highest BCUT2D eigenvalue weighted by Gasteiger charge is 2.36. The van der Waals surface area contributed by atoms with Crippen molar-refractivity contribution in [1.29, 1.82) is 0 Å². The Kier molecular flexibility index (Phi) is 5.11. The zero-order chi connectivity index (χ0) is 20.5. The number of ether oxygens (including phenoxy) is 1. The molecule has 2 heterocycles. The molecule has 0 saturated carbocycles. The lowest BCUT2D eigenvalue weighted by Crippen LogP contribution is -2.28. The summed E-state index contributed by atoms with van der Waals surface area (Å²) in [5.74, 6) is 0.334. The number of carbonyl (C=O) groups excluding carboxylic acids is 2. The summed E-state index contributed by atoms with van der Waals surface area (Å²) in [5.41, 5.74) is 2.75. The van der Waals surface area contributed by atoms with Gasteiger partial charge in [-0.3, -0.25) is 9.59 Å². The van der Waals surface area contributed by atoms with Gasteiger partial charge >= 0.3 is 0 Å². The van der Waals surface area contributed by atoms with E-state index >= 15 is 0 Å². The number of hydrogen-bond donors (Lipinski definition) is 1. The van der Waals surface area contributed by atoms with Crippen molar-refractivity contribution in [1.82, 2.24) is 9.78 Å². The number of nitrogens with one attached hydrogen (secondary N) is 1. The molecule has 0 radical (unpaired) electrons. The van der Waals surface area contributed by atoms with Crippen LogP contribution in [-0.4, -0.2) is 28.1 Å². The first-order valence-electron chi connectivity index (χ1n) is 9.40. The molecule has 3 aromatic rings. The maximum absolute atomic E-state index is 13.2. The summed E-state index contributed by atoms with van der Waals surface area (Å²) in [6.07, 6.45) is 0.0895. The molecule has 7 heteroatoms. The Morgan fingerprint density at radius 1 is 1.21 bits per heavy atom. The van der Waals surface area contributed by atoms with E-state index < -0.39 is 5.92 Å². The highest BCUT2D eigenvalue weighted by molar-refractivity contribution is 6.30. The minimum absolute atomic E-state index is 0.0895. The van der Waals surface area contributed by atoms with E-state index in [1.54, 1.807) is 41.1 Å². The van der Waals surface area contributed by atoms with Gasteiger partial charge in [0.05, 0.1) is 23.9 Å². The third-order valence-corrected chi connectivity index (χ3v) is 5.19. The molecule has 0 aliphatic carbocycles. The maximum Gasteiger partial charge on any atom is 0.226 e. The number of halogens is 1. The summed E-state index contributed by atoms with van der Waals surface area (Å²) < 4.78 is 7.09. The molecule has 0 fully saturated rings. The molecule has 1 aromatic heterocycles. The van der Waals surface area contributed by atoms with Gasteiger partial charge in [-0.2, -0.15) is 5.10 Å². The number of Topliss-reactive ketones (excluding diaryl/α,β-unsaturated/α-hetero) is 1. The minimum Gasteiger partial charge on any atom is -0.494 e. The largest absolute Gasteiger partial charge is 0.494 e. The molecule has 1 atom stereocenters. The van der Waals surface area contributed by atoms with Gasteiger partial charge in [0.15, 0.2) is 5.78 Å². The Hall–Kier alpha value is -3.12. The Balaban J connectivity index is 1.73. The van der Waals surface area contributed by atoms with E-state index in [1.165, 1.54) is 0 Å². The van der Waals surface area contributed by atoms with Gasteiger partial charge in [-0.25, -0.2) is 4.68 Å². The molecule has 0 unspecified atom stereocenters. The minimum atomic E-state index is -0.585. The summed E-state index contributed by atoms with van der Waals surface area (Å²) in [7, 11) is 0. The molecule has 0 spiro atoms. The summed E-state index contributed by atoms with van der Waals surface area (Å²) in [6, 6.07) is 14.2. The van der Waals surface area contributed by atoms with Gasteiger partial charge in [-0.1, -0.05) is 11.6 Å². The van der Waals surface area contributed by atoms with Gasteiger partial charge in [0.2, 0.25) is 5.91 Å². The van der Waals surface area contributed by atoms with Gasteiger partial charge in [0.1, 0.15) is 11.6 Å². The predicted octanol–water partition coefficient (Wildman–Crippen LogP) is 4.54. The molecule has 1 N–H and O–H groups in total. The van der Waals surface area contributed by atoms with Crippen molar-refractivity contribution in [2.75, 3.05) is 11.9 Å². The molecule has 1 amide bonds. The quantitative estimate of drug-likeness (QED) is 0.628. The highest BCUT2D eigenvalue weighted by atomic mass is 35.5. The molecule has 29 heavy (non-hydrogen) atoms. The van der Waals surface area contributed by atoms with E-state index in [9.17, 15) is 9.59 Å². The van der Waals surface area contributed by atoms with Crippen molar-refractivity contribution in [3.63, 3.8) is 0 Å². The second-order valence-electron chi connectivity index (χ2n) is 6.86. The SMILES string of the molecule is CCOc1ccc(C(=O)[C@@H]2CC(=O)Nc3c2c(C)nn3-c2ccc(Cl)cc2)cc1. The van der Waals surface area contributed by atoms with Gasteiger partial charge in [-0.15, -0.1) is 0 Å². The molecule has 6 nitrogen and oxygen atoms in total. The highest BCUT2D eigenvalue weighted by Crippen LogP contribution is 2.38. The van der Waals surface area contributed by atoms with E-state index in [2.05, 4.69) is 10.4 Å². The molecule has 148 valence electrons. The number of aryl methyl sites for hydroxylation is 1. The summed E-state index contributed by atoms with van der Waals surface area (Å²) in [4.78, 5) is 25.7. The third-order valence-electron chi connectivity index (χ3n) is 4.94. The monoisotopic (exact) mass is 409 g/mol. The van der Waals surface area contributed by atoms with Crippen LogP contribution in [-0.2, 0) is 4.79 Å². The smallest absolute Gasteiger partial charge is 0.226 e. The fourth-order valence-corrected chi connectivity index (χ4v) is 3.75. The first-order valence-corrected chi connectivity index (χ1v) is 9.78. The molecule has 1 aliphatic rings. The molecule has 2 aromatic carbocycles. The van der Waals surface area contributed by atoms with Crippen LogP contribution >= 0.6 is 11.6 Å². The second kappa shape index (κ2) is 7.72. The maximum atomic E-state index is 13.2. The second-order valence-corrected chi connectivity index (χ2v) is 7.30. The van der Waals surface area contributed by atoms with Crippen molar-refractivity contribution in [2.45, 2.75) is 26.2 Å². The molecule has 1 aliphatic heterocycles. The Morgan fingerprint density at radius 3 is 2.55 bits per heavy atom.